The molecule has 0 atom stereocenters. The molecular formula is C16H12F5N3O3. The van der Waals surface area contributed by atoms with Gasteiger partial charge in [0.25, 0.3) is 5.91 Å². The summed E-state index contributed by atoms with van der Waals surface area (Å²) in [4.78, 5) is 27.3. The molecule has 1 aromatic carbocycles. The molecule has 0 aliphatic heterocycles. The van der Waals surface area contributed by atoms with Gasteiger partial charge < -0.3 is 15.4 Å². The summed E-state index contributed by atoms with van der Waals surface area (Å²) in [6, 6.07) is 6.63. The predicted molar refractivity (Wildman–Crippen MR) is 83.3 cm³/mol. The van der Waals surface area contributed by atoms with E-state index in [1.165, 1.54) is 12.3 Å². The number of pyridine rings is 1. The highest BCUT2D eigenvalue weighted by molar-refractivity contribution is 5.98. The number of alkyl halides is 5. The van der Waals surface area contributed by atoms with Crippen molar-refractivity contribution in [2.45, 2.75) is 12.8 Å². The van der Waals surface area contributed by atoms with Gasteiger partial charge in [-0.05, 0) is 30.3 Å². The van der Waals surface area contributed by atoms with Crippen LogP contribution in [0.15, 0.2) is 42.6 Å². The van der Waals surface area contributed by atoms with E-state index in [0.29, 0.717) is 12.1 Å². The number of halogens is 5. The normalized spacial score (nSPS) is 11.2. The fourth-order valence-electron chi connectivity index (χ4n) is 1.98. The minimum Gasteiger partial charge on any atom is -0.434 e. The van der Waals surface area contributed by atoms with Crippen molar-refractivity contribution in [2.75, 3.05) is 11.9 Å². The minimum atomic E-state index is -4.97. The average molecular weight is 389 g/mol. The van der Waals surface area contributed by atoms with Crippen LogP contribution in [0.1, 0.15) is 16.1 Å². The molecule has 0 radical (unpaired) electrons. The van der Waals surface area contributed by atoms with Gasteiger partial charge in [0, 0.05) is 11.9 Å². The highest BCUT2D eigenvalue weighted by atomic mass is 19.4. The Labute approximate surface area is 149 Å². The number of ether oxygens (including phenoxy) is 1. The molecule has 2 aromatic rings. The summed E-state index contributed by atoms with van der Waals surface area (Å²) in [6.07, 6.45) is -3.60. The van der Waals surface area contributed by atoms with Crippen molar-refractivity contribution in [2.24, 2.45) is 0 Å². The highest BCUT2D eigenvalue weighted by Crippen LogP contribution is 2.38. The lowest BCUT2D eigenvalue weighted by atomic mass is 10.1. The van der Waals surface area contributed by atoms with E-state index in [1.54, 1.807) is 12.1 Å². The highest BCUT2D eigenvalue weighted by Gasteiger charge is 2.35. The molecule has 0 spiro atoms. The maximum Gasteiger partial charge on any atom is 0.420 e. The van der Waals surface area contributed by atoms with Crippen molar-refractivity contribution in [1.82, 2.24) is 10.3 Å². The monoisotopic (exact) mass is 389 g/mol. The molecule has 2 rings (SSSR count). The van der Waals surface area contributed by atoms with Crippen molar-refractivity contribution in [3.05, 3.63) is 53.9 Å². The Balaban J connectivity index is 2.03. The van der Waals surface area contributed by atoms with Gasteiger partial charge in [0.15, 0.2) is 0 Å². The van der Waals surface area contributed by atoms with Gasteiger partial charge in [0.05, 0.1) is 12.1 Å². The summed E-state index contributed by atoms with van der Waals surface area (Å²) in [5, 5.41) is 4.37. The SMILES string of the molecule is O=C(CNC(=O)c1ccccn1)Nc1ccc(OC(F)F)c(C(F)(F)F)c1. The number of hydrogen-bond acceptors (Lipinski definition) is 4. The molecule has 2 N–H and O–H groups in total. The molecule has 1 aromatic heterocycles. The molecular weight excluding hydrogens is 377 g/mol. The maximum absolute atomic E-state index is 13.0. The number of carbonyl (C=O) groups excluding carboxylic acids is 2. The zero-order valence-corrected chi connectivity index (χ0v) is 13.4. The molecule has 11 heteroatoms. The van der Waals surface area contributed by atoms with E-state index >= 15 is 0 Å². The molecule has 0 aliphatic carbocycles. The third-order valence-corrected chi connectivity index (χ3v) is 3.09. The van der Waals surface area contributed by atoms with Crippen LogP contribution in [0.25, 0.3) is 0 Å². The molecule has 0 saturated carbocycles. The summed E-state index contributed by atoms with van der Waals surface area (Å²) in [5.74, 6) is -2.55. The first kappa shape index (κ1) is 20.1. The Morgan fingerprint density at radius 3 is 2.48 bits per heavy atom. The van der Waals surface area contributed by atoms with E-state index in [-0.39, 0.29) is 11.4 Å². The van der Waals surface area contributed by atoms with Gasteiger partial charge in [0.1, 0.15) is 11.4 Å². The third kappa shape index (κ3) is 5.90. The fraction of sp³-hybridized carbons (Fsp3) is 0.188. The van der Waals surface area contributed by atoms with Crippen LogP contribution in [0, 0.1) is 0 Å². The molecule has 144 valence electrons. The summed E-state index contributed by atoms with van der Waals surface area (Å²) in [5.41, 5.74) is -1.72. The van der Waals surface area contributed by atoms with Crippen LogP contribution in [-0.4, -0.2) is 30.0 Å². The number of nitrogens with zero attached hydrogens (tertiary/aromatic N) is 1. The van der Waals surface area contributed by atoms with Gasteiger partial charge in [-0.1, -0.05) is 6.07 Å². The maximum atomic E-state index is 13.0. The van der Waals surface area contributed by atoms with Crippen molar-refractivity contribution >= 4 is 17.5 Å². The largest absolute Gasteiger partial charge is 0.434 e. The zero-order chi connectivity index (χ0) is 20.0. The number of anilines is 1. The second kappa shape index (κ2) is 8.43. The Hall–Kier alpha value is -3.24. The van der Waals surface area contributed by atoms with Gasteiger partial charge in [-0.3, -0.25) is 14.6 Å². The standard InChI is InChI=1S/C16H12F5N3O3/c17-15(18)27-12-5-4-9(7-10(12)16(19,20)21)24-13(25)8-23-14(26)11-3-1-2-6-22-11/h1-7,15H,8H2,(H,23,26)(H,24,25). The van der Waals surface area contributed by atoms with Crippen LogP contribution in [0.3, 0.4) is 0 Å². The zero-order valence-electron chi connectivity index (χ0n) is 13.4. The van der Waals surface area contributed by atoms with E-state index < -0.39 is 42.5 Å². The molecule has 0 aliphatic rings. The van der Waals surface area contributed by atoms with Crippen LogP contribution in [0.5, 0.6) is 5.75 Å². The lowest BCUT2D eigenvalue weighted by molar-refractivity contribution is -0.141. The van der Waals surface area contributed by atoms with E-state index in [9.17, 15) is 31.5 Å². The molecule has 27 heavy (non-hydrogen) atoms. The molecule has 0 bridgehead atoms. The van der Waals surface area contributed by atoms with Crippen molar-refractivity contribution < 1.29 is 36.3 Å². The van der Waals surface area contributed by atoms with Gasteiger partial charge >= 0.3 is 12.8 Å². The molecule has 2 amide bonds. The van der Waals surface area contributed by atoms with E-state index in [4.69, 9.17) is 0 Å². The Kier molecular flexibility index (Phi) is 6.27. The topological polar surface area (TPSA) is 80.3 Å². The number of benzene rings is 1. The lowest BCUT2D eigenvalue weighted by Gasteiger charge is -2.15. The second-order valence-corrected chi connectivity index (χ2v) is 5.03. The number of carbonyl (C=O) groups is 2. The summed E-state index contributed by atoms with van der Waals surface area (Å²) in [6.45, 7) is -3.97. The van der Waals surface area contributed by atoms with Crippen molar-refractivity contribution in [3.63, 3.8) is 0 Å². The molecule has 0 fully saturated rings. The number of hydrogen-bond donors (Lipinski definition) is 2. The first-order chi connectivity index (χ1) is 12.7. The Morgan fingerprint density at radius 2 is 1.89 bits per heavy atom. The van der Waals surface area contributed by atoms with Crippen LogP contribution in [-0.2, 0) is 11.0 Å². The number of aromatic nitrogens is 1. The third-order valence-electron chi connectivity index (χ3n) is 3.09. The van der Waals surface area contributed by atoms with E-state index in [1.807, 2.05) is 0 Å². The summed E-state index contributed by atoms with van der Waals surface area (Å²) in [7, 11) is 0. The predicted octanol–water partition coefficient (Wildman–Crippen LogP) is 3.07. The molecule has 0 unspecified atom stereocenters. The first-order valence-corrected chi connectivity index (χ1v) is 7.32. The van der Waals surface area contributed by atoms with Gasteiger partial charge in [-0.15, -0.1) is 0 Å². The lowest BCUT2D eigenvalue weighted by Crippen LogP contribution is -2.33. The van der Waals surface area contributed by atoms with Crippen LogP contribution in [0.4, 0.5) is 27.6 Å². The average Bonchev–Trinajstić information content (AvgIpc) is 2.60. The van der Waals surface area contributed by atoms with E-state index in [0.717, 1.165) is 6.07 Å². The molecule has 0 saturated heterocycles. The molecule has 1 heterocycles. The summed E-state index contributed by atoms with van der Waals surface area (Å²) < 4.78 is 67.1. The van der Waals surface area contributed by atoms with Gasteiger partial charge in [0.2, 0.25) is 5.91 Å². The van der Waals surface area contributed by atoms with Crippen LogP contribution < -0.4 is 15.4 Å². The molecule has 6 nitrogen and oxygen atoms in total. The second-order valence-electron chi connectivity index (χ2n) is 5.03. The first-order valence-electron chi connectivity index (χ1n) is 7.32. The number of nitrogens with one attached hydrogen (secondary N) is 2. The Bertz CT molecular complexity index is 813. The van der Waals surface area contributed by atoms with Gasteiger partial charge in [-0.25, -0.2) is 0 Å². The fourth-order valence-corrected chi connectivity index (χ4v) is 1.98. The number of rotatable bonds is 6. The summed E-state index contributed by atoms with van der Waals surface area (Å²) >= 11 is 0. The smallest absolute Gasteiger partial charge is 0.420 e. The van der Waals surface area contributed by atoms with Crippen LogP contribution in [0.2, 0.25) is 0 Å². The Morgan fingerprint density at radius 1 is 1.15 bits per heavy atom. The minimum absolute atomic E-state index is 0.0539. The van der Waals surface area contributed by atoms with Gasteiger partial charge in [-0.2, -0.15) is 22.0 Å². The van der Waals surface area contributed by atoms with Crippen LogP contribution >= 0.6 is 0 Å². The van der Waals surface area contributed by atoms with Crippen molar-refractivity contribution in [3.8, 4) is 5.75 Å². The number of amides is 2. The van der Waals surface area contributed by atoms with E-state index in [2.05, 4.69) is 20.4 Å². The van der Waals surface area contributed by atoms with Crippen molar-refractivity contribution in [1.29, 1.82) is 0 Å². The quantitative estimate of drug-likeness (QED) is 0.745.